The molecule has 0 fully saturated rings. The Balaban J connectivity index is 2.66. The number of hydrogen-bond acceptors (Lipinski definition) is 3. The molecular formula is C16H14INO2S. The number of hydrogen-bond donors (Lipinski definition) is 0. The number of esters is 1. The Morgan fingerprint density at radius 3 is 2.52 bits per heavy atom. The van der Waals surface area contributed by atoms with Crippen molar-refractivity contribution in [3.63, 3.8) is 0 Å². The molecular weight excluding hydrogens is 397 g/mol. The first-order valence-electron chi connectivity index (χ1n) is 6.58. The molecule has 21 heavy (non-hydrogen) atoms. The van der Waals surface area contributed by atoms with Gasteiger partial charge in [0, 0.05) is 14.0 Å². The van der Waals surface area contributed by atoms with Crippen molar-refractivity contribution in [1.82, 2.24) is 0 Å². The van der Waals surface area contributed by atoms with Crippen molar-refractivity contribution in [3.8, 4) is 11.1 Å². The van der Waals surface area contributed by atoms with Crippen LogP contribution in [0, 0.1) is 10.1 Å². The minimum absolute atomic E-state index is 0.331. The Hall–Kier alpha value is -1.39. The first-order valence-corrected chi connectivity index (χ1v) is 8.48. The lowest BCUT2D eigenvalue weighted by atomic mass is 10.0. The molecule has 0 amide bonds. The summed E-state index contributed by atoms with van der Waals surface area (Å²) in [5, 5.41) is 0. The third kappa shape index (κ3) is 3.27. The van der Waals surface area contributed by atoms with Crippen LogP contribution in [-0.4, -0.2) is 12.6 Å². The highest BCUT2D eigenvalue weighted by atomic mass is 127. The Morgan fingerprint density at radius 2 is 2.00 bits per heavy atom. The SMILES string of the molecule is [C-]#[N+]c1c(CC)sc(C(=O)OCC)c1-c1ccc(I)cc1. The van der Waals surface area contributed by atoms with Gasteiger partial charge in [0.1, 0.15) is 4.88 Å². The lowest BCUT2D eigenvalue weighted by Crippen LogP contribution is -2.03. The van der Waals surface area contributed by atoms with Crippen molar-refractivity contribution < 1.29 is 9.53 Å². The summed E-state index contributed by atoms with van der Waals surface area (Å²) in [6.45, 7) is 11.6. The molecule has 0 radical (unpaired) electrons. The van der Waals surface area contributed by atoms with E-state index in [1.165, 1.54) is 11.3 Å². The zero-order valence-electron chi connectivity index (χ0n) is 11.8. The molecule has 3 nitrogen and oxygen atoms in total. The number of benzene rings is 1. The van der Waals surface area contributed by atoms with Crippen LogP contribution in [-0.2, 0) is 11.2 Å². The van der Waals surface area contributed by atoms with Crippen molar-refractivity contribution in [1.29, 1.82) is 0 Å². The molecule has 0 aliphatic rings. The lowest BCUT2D eigenvalue weighted by molar-refractivity contribution is 0.0533. The molecule has 5 heteroatoms. The average molecular weight is 411 g/mol. The highest BCUT2D eigenvalue weighted by Crippen LogP contribution is 2.43. The maximum atomic E-state index is 12.2. The predicted molar refractivity (Wildman–Crippen MR) is 94.1 cm³/mol. The molecule has 2 rings (SSSR count). The molecule has 0 bridgehead atoms. The minimum atomic E-state index is -0.347. The van der Waals surface area contributed by atoms with E-state index in [0.29, 0.717) is 22.7 Å². The molecule has 0 saturated heterocycles. The Bertz CT molecular complexity index is 698. The maximum Gasteiger partial charge on any atom is 0.347 e. The van der Waals surface area contributed by atoms with Crippen molar-refractivity contribution in [2.45, 2.75) is 20.3 Å². The van der Waals surface area contributed by atoms with Gasteiger partial charge in [0.25, 0.3) is 0 Å². The summed E-state index contributed by atoms with van der Waals surface area (Å²) in [4.78, 5) is 17.3. The third-order valence-corrected chi connectivity index (χ3v) is 5.00. The Labute approximate surface area is 141 Å². The molecule has 0 unspecified atom stereocenters. The third-order valence-electron chi connectivity index (χ3n) is 2.98. The van der Waals surface area contributed by atoms with E-state index in [4.69, 9.17) is 11.3 Å². The van der Waals surface area contributed by atoms with Gasteiger partial charge in [-0.1, -0.05) is 19.1 Å². The second-order valence-corrected chi connectivity index (χ2v) is 6.62. The van der Waals surface area contributed by atoms with Gasteiger partial charge in [-0.15, -0.1) is 11.3 Å². The van der Waals surface area contributed by atoms with Crippen molar-refractivity contribution in [2.24, 2.45) is 0 Å². The number of thiophene rings is 1. The zero-order valence-corrected chi connectivity index (χ0v) is 14.7. The van der Waals surface area contributed by atoms with Gasteiger partial charge in [-0.3, -0.25) is 0 Å². The van der Waals surface area contributed by atoms with Crippen LogP contribution in [0.2, 0.25) is 0 Å². The van der Waals surface area contributed by atoms with Gasteiger partial charge in [0.2, 0.25) is 5.69 Å². The van der Waals surface area contributed by atoms with E-state index in [-0.39, 0.29) is 5.97 Å². The standard InChI is InChI=1S/C16H14INO2S/c1-4-12-14(18-3)13(10-6-8-11(17)9-7-10)15(21-12)16(19)20-5-2/h6-9H,4-5H2,1-2H3. The van der Waals surface area contributed by atoms with Crippen LogP contribution in [0.3, 0.4) is 0 Å². The van der Waals surface area contributed by atoms with Crippen molar-refractivity contribution >= 4 is 45.6 Å². The molecule has 1 aromatic carbocycles. The minimum Gasteiger partial charge on any atom is -0.462 e. The predicted octanol–water partition coefficient (Wildman–Crippen LogP) is 5.31. The second kappa shape index (κ2) is 7.05. The number of rotatable bonds is 4. The molecule has 0 aliphatic carbocycles. The fourth-order valence-corrected chi connectivity index (χ4v) is 3.51. The Kier molecular flexibility index (Phi) is 5.37. The zero-order chi connectivity index (χ0) is 15.4. The van der Waals surface area contributed by atoms with Crippen LogP contribution in [0.4, 0.5) is 5.69 Å². The number of aryl methyl sites for hydroxylation is 1. The maximum absolute atomic E-state index is 12.2. The van der Waals surface area contributed by atoms with E-state index in [1.807, 2.05) is 31.2 Å². The average Bonchev–Trinajstić information content (AvgIpc) is 2.87. The number of ether oxygens (including phenoxy) is 1. The van der Waals surface area contributed by atoms with Crippen LogP contribution >= 0.6 is 33.9 Å². The summed E-state index contributed by atoms with van der Waals surface area (Å²) in [5.74, 6) is -0.347. The van der Waals surface area contributed by atoms with Gasteiger partial charge < -0.3 is 4.74 Å². The summed E-state index contributed by atoms with van der Waals surface area (Å²) in [7, 11) is 0. The molecule has 0 spiro atoms. The van der Waals surface area contributed by atoms with E-state index in [0.717, 1.165) is 20.4 Å². The summed E-state index contributed by atoms with van der Waals surface area (Å²) in [6.07, 6.45) is 0.735. The van der Waals surface area contributed by atoms with E-state index in [2.05, 4.69) is 27.4 Å². The van der Waals surface area contributed by atoms with Crippen molar-refractivity contribution in [3.05, 3.63) is 49.0 Å². The molecule has 2 aromatic rings. The monoisotopic (exact) mass is 411 g/mol. The van der Waals surface area contributed by atoms with Gasteiger partial charge in [-0.05, 0) is 53.6 Å². The van der Waals surface area contributed by atoms with Crippen LogP contribution in [0.25, 0.3) is 16.0 Å². The number of nitrogens with zero attached hydrogens (tertiary/aromatic N) is 1. The number of carbonyl (C=O) groups excluding carboxylic acids is 1. The van der Waals surface area contributed by atoms with E-state index in [1.54, 1.807) is 6.92 Å². The van der Waals surface area contributed by atoms with Crippen molar-refractivity contribution in [2.75, 3.05) is 6.61 Å². The molecule has 0 saturated carbocycles. The van der Waals surface area contributed by atoms with Crippen LogP contribution in [0.5, 0.6) is 0 Å². The first-order chi connectivity index (χ1) is 10.1. The van der Waals surface area contributed by atoms with E-state index >= 15 is 0 Å². The Morgan fingerprint density at radius 1 is 1.33 bits per heavy atom. The quantitative estimate of drug-likeness (QED) is 0.388. The molecule has 0 atom stereocenters. The summed E-state index contributed by atoms with van der Waals surface area (Å²) < 4.78 is 6.25. The number of carbonyl (C=O) groups is 1. The molecule has 108 valence electrons. The van der Waals surface area contributed by atoms with Gasteiger partial charge in [-0.25, -0.2) is 9.64 Å². The van der Waals surface area contributed by atoms with Gasteiger partial charge in [-0.2, -0.15) is 0 Å². The summed E-state index contributed by atoms with van der Waals surface area (Å²) in [6, 6.07) is 7.84. The molecule has 0 aliphatic heterocycles. The molecule has 1 heterocycles. The lowest BCUT2D eigenvalue weighted by Gasteiger charge is -2.05. The van der Waals surface area contributed by atoms with Crippen LogP contribution in [0.15, 0.2) is 24.3 Å². The van der Waals surface area contributed by atoms with Crippen LogP contribution < -0.4 is 0 Å². The van der Waals surface area contributed by atoms with Gasteiger partial charge in [0.05, 0.1) is 13.2 Å². The van der Waals surface area contributed by atoms with Crippen LogP contribution in [0.1, 0.15) is 28.4 Å². The summed E-state index contributed by atoms with van der Waals surface area (Å²) >= 11 is 3.60. The fourth-order valence-electron chi connectivity index (χ4n) is 2.05. The van der Waals surface area contributed by atoms with E-state index < -0.39 is 0 Å². The first kappa shape index (κ1) is 16.0. The fraction of sp³-hybridized carbons (Fsp3) is 0.250. The largest absolute Gasteiger partial charge is 0.462 e. The highest BCUT2D eigenvalue weighted by molar-refractivity contribution is 14.1. The van der Waals surface area contributed by atoms with Gasteiger partial charge in [0.15, 0.2) is 0 Å². The number of halogens is 1. The molecule has 1 aromatic heterocycles. The second-order valence-electron chi connectivity index (χ2n) is 4.27. The highest BCUT2D eigenvalue weighted by Gasteiger charge is 2.24. The van der Waals surface area contributed by atoms with Gasteiger partial charge >= 0.3 is 5.97 Å². The van der Waals surface area contributed by atoms with E-state index in [9.17, 15) is 4.79 Å². The topological polar surface area (TPSA) is 30.7 Å². The normalized spacial score (nSPS) is 10.2. The summed E-state index contributed by atoms with van der Waals surface area (Å²) in [5.41, 5.74) is 2.17. The molecule has 0 N–H and O–H groups in total. The smallest absolute Gasteiger partial charge is 0.347 e.